The van der Waals surface area contributed by atoms with Crippen LogP contribution in [0.5, 0.6) is 11.5 Å². The Hall–Kier alpha value is -1.85. The molecule has 0 saturated carbocycles. The Morgan fingerprint density at radius 2 is 1.96 bits per heavy atom. The molecular weight excluding hydrogens is 368 g/mol. The summed E-state index contributed by atoms with van der Waals surface area (Å²) in [5.74, 6) is 3.54. The van der Waals surface area contributed by atoms with Crippen LogP contribution in [0.4, 0.5) is 5.69 Å². The number of methoxy groups -OCH3 is 2. The second kappa shape index (κ2) is 7.53. The van der Waals surface area contributed by atoms with E-state index in [1.165, 1.54) is 35.6 Å². The van der Waals surface area contributed by atoms with E-state index in [1.54, 1.807) is 25.5 Å². The van der Waals surface area contributed by atoms with Crippen molar-refractivity contribution in [1.29, 1.82) is 0 Å². The molecule has 0 aliphatic carbocycles. The standard InChI is InChI=1S/C23H28N2O2S/c1-26-20-8-3-6-16(23(20)27-2)14-24-12-10-19-18(15-24)17-7-4-9-21-22(17)25(19)11-5-13-28-21/h3-4,6-9,18-19H,5,10-15H2,1-2H3/t18-,19-/m0/s1. The van der Waals surface area contributed by atoms with Gasteiger partial charge in [0.25, 0.3) is 0 Å². The smallest absolute Gasteiger partial charge is 0.165 e. The van der Waals surface area contributed by atoms with Gasteiger partial charge in [-0.25, -0.2) is 0 Å². The first kappa shape index (κ1) is 18.2. The fourth-order valence-corrected chi connectivity index (χ4v) is 6.31. The number of likely N-dealkylation sites (tertiary alicyclic amines) is 1. The van der Waals surface area contributed by atoms with Gasteiger partial charge in [-0.2, -0.15) is 0 Å². The zero-order valence-corrected chi connectivity index (χ0v) is 17.5. The van der Waals surface area contributed by atoms with Crippen molar-refractivity contribution < 1.29 is 9.47 Å². The van der Waals surface area contributed by atoms with Crippen LogP contribution in [0.3, 0.4) is 0 Å². The molecule has 0 amide bonds. The van der Waals surface area contributed by atoms with Crippen molar-refractivity contribution in [2.24, 2.45) is 0 Å². The summed E-state index contributed by atoms with van der Waals surface area (Å²) in [6.07, 6.45) is 2.52. The summed E-state index contributed by atoms with van der Waals surface area (Å²) in [5.41, 5.74) is 4.32. The zero-order valence-electron chi connectivity index (χ0n) is 16.7. The lowest BCUT2D eigenvalue weighted by Gasteiger charge is -2.39. The first-order chi connectivity index (χ1) is 13.8. The minimum atomic E-state index is 0.610. The van der Waals surface area contributed by atoms with Crippen molar-refractivity contribution in [3.63, 3.8) is 0 Å². The molecule has 0 spiro atoms. The van der Waals surface area contributed by atoms with E-state index in [9.17, 15) is 0 Å². The summed E-state index contributed by atoms with van der Waals surface area (Å²) < 4.78 is 11.2. The van der Waals surface area contributed by atoms with E-state index in [1.807, 2.05) is 17.8 Å². The van der Waals surface area contributed by atoms with Crippen LogP contribution in [0.15, 0.2) is 41.3 Å². The van der Waals surface area contributed by atoms with Crippen molar-refractivity contribution in [3.8, 4) is 11.5 Å². The maximum Gasteiger partial charge on any atom is 0.165 e. The molecule has 0 N–H and O–H groups in total. The predicted molar refractivity (Wildman–Crippen MR) is 115 cm³/mol. The summed E-state index contributed by atoms with van der Waals surface area (Å²) in [4.78, 5) is 6.82. The zero-order chi connectivity index (χ0) is 19.1. The maximum atomic E-state index is 5.66. The van der Waals surface area contributed by atoms with Crippen LogP contribution in [0, 0.1) is 0 Å². The molecule has 0 unspecified atom stereocenters. The Morgan fingerprint density at radius 3 is 2.82 bits per heavy atom. The Bertz CT molecular complexity index is 872. The number of thioether (sulfide) groups is 1. The van der Waals surface area contributed by atoms with Gasteiger partial charge >= 0.3 is 0 Å². The highest BCUT2D eigenvalue weighted by Crippen LogP contribution is 2.50. The summed E-state index contributed by atoms with van der Waals surface area (Å²) in [6, 6.07) is 13.8. The van der Waals surface area contributed by atoms with Gasteiger partial charge in [-0.3, -0.25) is 4.90 Å². The first-order valence-electron chi connectivity index (χ1n) is 10.2. The van der Waals surface area contributed by atoms with Gasteiger partial charge in [-0.1, -0.05) is 24.3 Å². The summed E-state index contributed by atoms with van der Waals surface area (Å²) in [5, 5.41) is 0. The number of rotatable bonds is 4. The molecule has 3 heterocycles. The lowest BCUT2D eigenvalue weighted by atomic mass is 9.89. The summed E-state index contributed by atoms with van der Waals surface area (Å²) in [6.45, 7) is 4.37. The molecule has 2 atom stereocenters. The molecular formula is C23H28N2O2S. The van der Waals surface area contributed by atoms with Gasteiger partial charge in [-0.15, -0.1) is 11.8 Å². The number of piperidine rings is 1. The van der Waals surface area contributed by atoms with E-state index < -0.39 is 0 Å². The Kier molecular flexibility index (Phi) is 4.89. The highest BCUT2D eigenvalue weighted by Gasteiger charge is 2.43. The summed E-state index contributed by atoms with van der Waals surface area (Å²) >= 11 is 2.04. The monoisotopic (exact) mass is 396 g/mol. The van der Waals surface area contributed by atoms with Crippen molar-refractivity contribution in [3.05, 3.63) is 47.5 Å². The van der Waals surface area contributed by atoms with Crippen LogP contribution >= 0.6 is 11.8 Å². The highest BCUT2D eigenvalue weighted by atomic mass is 32.2. The molecule has 1 fully saturated rings. The van der Waals surface area contributed by atoms with Crippen LogP contribution < -0.4 is 14.4 Å². The van der Waals surface area contributed by atoms with Gasteiger partial charge in [0.05, 0.1) is 19.9 Å². The Morgan fingerprint density at radius 1 is 1.07 bits per heavy atom. The lowest BCUT2D eigenvalue weighted by Crippen LogP contribution is -2.46. The normalized spacial score (nSPS) is 23.7. The number of hydrogen-bond acceptors (Lipinski definition) is 5. The first-order valence-corrected chi connectivity index (χ1v) is 11.2. The molecule has 4 nitrogen and oxygen atoms in total. The van der Waals surface area contributed by atoms with Gasteiger partial charge in [0.2, 0.25) is 0 Å². The number of hydrogen-bond donors (Lipinski definition) is 0. The lowest BCUT2D eigenvalue weighted by molar-refractivity contribution is 0.184. The van der Waals surface area contributed by atoms with Crippen molar-refractivity contribution in [2.75, 3.05) is 44.5 Å². The Labute approximate surface area is 171 Å². The SMILES string of the molecule is COc1cccc(CN2CC[C@H]3[C@@H](C2)c2cccc4c2N3CCCS4)c1OC. The molecule has 3 aliphatic heterocycles. The average molecular weight is 397 g/mol. The number of nitrogens with zero attached hydrogens (tertiary/aromatic N) is 2. The third kappa shape index (κ3) is 2.96. The quantitative estimate of drug-likeness (QED) is 0.764. The number of para-hydroxylation sites is 2. The fraction of sp³-hybridized carbons (Fsp3) is 0.478. The number of fused-ring (bicyclic) bond motifs is 3. The van der Waals surface area contributed by atoms with Gasteiger partial charge in [0, 0.05) is 48.6 Å². The third-order valence-corrected chi connectivity index (χ3v) is 7.59. The Balaban J connectivity index is 1.41. The van der Waals surface area contributed by atoms with E-state index in [-0.39, 0.29) is 0 Å². The molecule has 0 aromatic heterocycles. The van der Waals surface area contributed by atoms with E-state index in [2.05, 4.69) is 40.1 Å². The van der Waals surface area contributed by atoms with E-state index in [0.29, 0.717) is 12.0 Å². The molecule has 1 saturated heterocycles. The average Bonchev–Trinajstić information content (AvgIpc) is 2.89. The topological polar surface area (TPSA) is 24.9 Å². The molecule has 5 rings (SSSR count). The molecule has 0 radical (unpaired) electrons. The van der Waals surface area contributed by atoms with Crippen LogP contribution in [0.25, 0.3) is 0 Å². The largest absolute Gasteiger partial charge is 0.493 e. The maximum absolute atomic E-state index is 5.66. The second-order valence-electron chi connectivity index (χ2n) is 7.94. The number of ether oxygens (including phenoxy) is 2. The van der Waals surface area contributed by atoms with Gasteiger partial charge in [-0.05, 0) is 36.3 Å². The number of benzene rings is 2. The van der Waals surface area contributed by atoms with Gasteiger partial charge in [0.1, 0.15) is 0 Å². The van der Waals surface area contributed by atoms with Gasteiger partial charge < -0.3 is 14.4 Å². The fourth-order valence-electron chi connectivity index (χ4n) is 5.27. The van der Waals surface area contributed by atoms with Crippen molar-refractivity contribution >= 4 is 17.4 Å². The van der Waals surface area contributed by atoms with E-state index in [0.717, 1.165) is 31.1 Å². The minimum absolute atomic E-state index is 0.610. The van der Waals surface area contributed by atoms with Crippen molar-refractivity contribution in [1.82, 2.24) is 4.90 Å². The molecule has 2 aromatic carbocycles. The molecule has 28 heavy (non-hydrogen) atoms. The van der Waals surface area contributed by atoms with Crippen molar-refractivity contribution in [2.45, 2.75) is 36.2 Å². The second-order valence-corrected chi connectivity index (χ2v) is 9.08. The van der Waals surface area contributed by atoms with Gasteiger partial charge in [0.15, 0.2) is 11.5 Å². The van der Waals surface area contributed by atoms with E-state index >= 15 is 0 Å². The van der Waals surface area contributed by atoms with E-state index in [4.69, 9.17) is 9.47 Å². The predicted octanol–water partition coefficient (Wildman–Crippen LogP) is 4.38. The molecule has 5 heteroatoms. The summed E-state index contributed by atoms with van der Waals surface area (Å²) in [7, 11) is 3.44. The molecule has 3 aliphatic rings. The molecule has 148 valence electrons. The highest BCUT2D eigenvalue weighted by molar-refractivity contribution is 7.99. The third-order valence-electron chi connectivity index (χ3n) is 6.46. The van der Waals surface area contributed by atoms with Crippen LogP contribution in [-0.4, -0.2) is 50.5 Å². The van der Waals surface area contributed by atoms with Crippen LogP contribution in [-0.2, 0) is 6.54 Å². The van der Waals surface area contributed by atoms with Crippen LogP contribution in [0.2, 0.25) is 0 Å². The van der Waals surface area contributed by atoms with Crippen LogP contribution in [0.1, 0.15) is 29.9 Å². The number of anilines is 1. The molecule has 2 aromatic rings. The molecule has 0 bridgehead atoms. The minimum Gasteiger partial charge on any atom is -0.493 e.